The first-order chi connectivity index (χ1) is 8.74. The molecule has 1 aromatic carbocycles. The van der Waals surface area contributed by atoms with Crippen LogP contribution in [0.25, 0.3) is 0 Å². The Hall–Kier alpha value is -1.47. The summed E-state index contributed by atoms with van der Waals surface area (Å²) in [5.74, 6) is 0. The highest BCUT2D eigenvalue weighted by Crippen LogP contribution is 2.29. The lowest BCUT2D eigenvalue weighted by molar-refractivity contribution is 1.43. The fraction of sp³-hybridized carbons (Fsp3) is 0.176. The van der Waals surface area contributed by atoms with Gasteiger partial charge in [0.1, 0.15) is 4.91 Å². The summed E-state index contributed by atoms with van der Waals surface area (Å²) in [7, 11) is 0.0337. The van der Waals surface area contributed by atoms with E-state index in [1.54, 1.807) is 0 Å². The standard InChI is InChI=1S/C15H19S.C2H4/c1-5-13(4)16(14(6-2)7-3)15-11-9-8-10-12-15;1-2/h5-12H,2H2,1,3-4H3;1-2H2/q+1;/b13-5+,14-7+;. The smallest absolute Gasteiger partial charge is 0.106 e. The third-order valence-corrected chi connectivity index (χ3v) is 4.93. The van der Waals surface area contributed by atoms with Crippen LogP contribution in [0.15, 0.2) is 83.0 Å². The Kier molecular flexibility index (Phi) is 8.77. The van der Waals surface area contributed by atoms with Gasteiger partial charge in [-0.3, -0.25) is 0 Å². The van der Waals surface area contributed by atoms with E-state index in [1.807, 2.05) is 6.08 Å². The van der Waals surface area contributed by atoms with Gasteiger partial charge in [0.2, 0.25) is 0 Å². The van der Waals surface area contributed by atoms with E-state index in [1.165, 1.54) is 14.7 Å². The second-order valence-electron chi connectivity index (χ2n) is 3.41. The Morgan fingerprint density at radius 1 is 1.06 bits per heavy atom. The molecule has 0 bridgehead atoms. The van der Waals surface area contributed by atoms with Crippen LogP contribution in [-0.4, -0.2) is 0 Å². The summed E-state index contributed by atoms with van der Waals surface area (Å²) in [6.45, 7) is 16.3. The number of allylic oxidation sites excluding steroid dienone is 4. The zero-order valence-corrected chi connectivity index (χ0v) is 12.5. The van der Waals surface area contributed by atoms with E-state index in [2.05, 4.69) is 83.0 Å². The summed E-state index contributed by atoms with van der Waals surface area (Å²) in [6, 6.07) is 10.6. The molecule has 0 aliphatic heterocycles. The average molecular weight is 259 g/mol. The molecule has 0 aliphatic rings. The summed E-state index contributed by atoms with van der Waals surface area (Å²) in [4.78, 5) is 4.03. The molecule has 0 fully saturated rings. The highest BCUT2D eigenvalue weighted by Gasteiger charge is 2.27. The molecule has 0 spiro atoms. The molecular formula is C17H23S+. The normalized spacial score (nSPS) is 13.3. The zero-order chi connectivity index (χ0) is 14.0. The van der Waals surface area contributed by atoms with Gasteiger partial charge >= 0.3 is 0 Å². The van der Waals surface area contributed by atoms with Crippen LogP contribution in [0.2, 0.25) is 0 Å². The van der Waals surface area contributed by atoms with Crippen molar-refractivity contribution in [2.24, 2.45) is 0 Å². The van der Waals surface area contributed by atoms with Gasteiger partial charge in [0, 0.05) is 6.92 Å². The Balaban J connectivity index is 0.00000137. The van der Waals surface area contributed by atoms with Crippen molar-refractivity contribution in [1.29, 1.82) is 0 Å². The first-order valence-electron chi connectivity index (χ1n) is 5.95. The number of benzene rings is 1. The van der Waals surface area contributed by atoms with E-state index in [0.717, 1.165) is 0 Å². The van der Waals surface area contributed by atoms with Gasteiger partial charge in [-0.2, -0.15) is 0 Å². The summed E-state index contributed by atoms with van der Waals surface area (Å²) >= 11 is 0. The Labute approximate surface area is 115 Å². The topological polar surface area (TPSA) is 0 Å². The minimum absolute atomic E-state index is 0.0337. The Morgan fingerprint density at radius 3 is 2.00 bits per heavy atom. The predicted molar refractivity (Wildman–Crippen MR) is 86.7 cm³/mol. The van der Waals surface area contributed by atoms with Gasteiger partial charge in [0.15, 0.2) is 9.80 Å². The zero-order valence-electron chi connectivity index (χ0n) is 11.6. The maximum atomic E-state index is 3.91. The highest BCUT2D eigenvalue weighted by atomic mass is 32.2. The van der Waals surface area contributed by atoms with Crippen LogP contribution in [0.3, 0.4) is 0 Å². The highest BCUT2D eigenvalue weighted by molar-refractivity contribution is 8.04. The van der Waals surface area contributed by atoms with E-state index in [0.29, 0.717) is 0 Å². The number of rotatable bonds is 4. The predicted octanol–water partition coefficient (Wildman–Crippen LogP) is 5.48. The fourth-order valence-corrected chi connectivity index (χ4v) is 3.58. The van der Waals surface area contributed by atoms with Crippen LogP contribution >= 0.6 is 0 Å². The molecule has 1 rings (SSSR count). The van der Waals surface area contributed by atoms with Crippen LogP contribution < -0.4 is 0 Å². The molecule has 0 aliphatic carbocycles. The van der Waals surface area contributed by atoms with Gasteiger partial charge in [-0.1, -0.05) is 24.8 Å². The molecule has 0 aromatic heterocycles. The van der Waals surface area contributed by atoms with Gasteiger partial charge in [-0.15, -0.1) is 13.2 Å². The molecule has 18 heavy (non-hydrogen) atoms. The van der Waals surface area contributed by atoms with Crippen molar-refractivity contribution in [2.45, 2.75) is 25.7 Å². The van der Waals surface area contributed by atoms with Crippen LogP contribution in [0.1, 0.15) is 20.8 Å². The third-order valence-electron chi connectivity index (χ3n) is 2.43. The molecule has 0 saturated carbocycles. The van der Waals surface area contributed by atoms with Gasteiger partial charge in [0.05, 0.1) is 10.9 Å². The maximum absolute atomic E-state index is 3.91. The molecule has 1 heteroatoms. The lowest BCUT2D eigenvalue weighted by Gasteiger charge is -2.07. The van der Waals surface area contributed by atoms with Gasteiger partial charge in [-0.05, 0) is 44.2 Å². The quantitative estimate of drug-likeness (QED) is 0.381. The van der Waals surface area contributed by atoms with E-state index in [4.69, 9.17) is 0 Å². The van der Waals surface area contributed by atoms with Gasteiger partial charge < -0.3 is 0 Å². The Morgan fingerprint density at radius 2 is 1.61 bits per heavy atom. The summed E-state index contributed by atoms with van der Waals surface area (Å²) in [5, 5.41) is 0. The minimum Gasteiger partial charge on any atom is -0.106 e. The molecule has 1 aromatic rings. The molecule has 0 saturated heterocycles. The van der Waals surface area contributed by atoms with E-state index in [9.17, 15) is 0 Å². The summed E-state index contributed by atoms with van der Waals surface area (Å²) in [5.41, 5.74) is 0. The van der Waals surface area contributed by atoms with Crippen molar-refractivity contribution < 1.29 is 0 Å². The fourth-order valence-electron chi connectivity index (χ4n) is 1.50. The summed E-state index contributed by atoms with van der Waals surface area (Å²) < 4.78 is 0. The van der Waals surface area contributed by atoms with Crippen molar-refractivity contribution in [2.75, 3.05) is 0 Å². The van der Waals surface area contributed by atoms with Crippen LogP contribution in [0, 0.1) is 0 Å². The molecule has 0 N–H and O–H groups in total. The molecule has 0 amide bonds. The minimum atomic E-state index is 0.0337. The van der Waals surface area contributed by atoms with Gasteiger partial charge in [0.25, 0.3) is 0 Å². The monoisotopic (exact) mass is 259 g/mol. The molecule has 0 heterocycles. The first kappa shape index (κ1) is 16.5. The second kappa shape index (κ2) is 9.55. The van der Waals surface area contributed by atoms with Crippen molar-refractivity contribution in [1.82, 2.24) is 0 Å². The lowest BCUT2D eigenvalue weighted by atomic mass is 10.4. The van der Waals surface area contributed by atoms with Crippen molar-refractivity contribution >= 4 is 10.9 Å². The largest absolute Gasteiger partial charge is 0.166 e. The molecule has 1 atom stereocenters. The Bertz CT molecular complexity index is 412. The first-order valence-corrected chi connectivity index (χ1v) is 7.18. The SMILES string of the molecule is C=C.C=C/C(=C\C)[S+](/C(C)=C/C)c1ccccc1. The third kappa shape index (κ3) is 4.42. The van der Waals surface area contributed by atoms with Crippen molar-refractivity contribution in [3.8, 4) is 0 Å². The number of hydrogen-bond donors (Lipinski definition) is 0. The molecule has 1 unspecified atom stereocenters. The molecular weight excluding hydrogens is 236 g/mol. The average Bonchev–Trinajstić information content (AvgIpc) is 2.47. The second-order valence-corrected chi connectivity index (χ2v) is 5.61. The lowest BCUT2D eigenvalue weighted by Crippen LogP contribution is -2.05. The summed E-state index contributed by atoms with van der Waals surface area (Å²) in [6.07, 6.45) is 6.29. The molecule has 96 valence electrons. The maximum Gasteiger partial charge on any atom is 0.166 e. The number of hydrogen-bond acceptors (Lipinski definition) is 0. The molecule has 0 radical (unpaired) electrons. The van der Waals surface area contributed by atoms with Crippen molar-refractivity contribution in [3.05, 3.63) is 78.1 Å². The molecule has 0 nitrogen and oxygen atoms in total. The van der Waals surface area contributed by atoms with E-state index >= 15 is 0 Å². The van der Waals surface area contributed by atoms with Crippen molar-refractivity contribution in [3.63, 3.8) is 0 Å². The van der Waals surface area contributed by atoms with E-state index in [-0.39, 0.29) is 10.9 Å². The van der Waals surface area contributed by atoms with E-state index < -0.39 is 0 Å². The van der Waals surface area contributed by atoms with Crippen LogP contribution in [0.5, 0.6) is 0 Å². The van der Waals surface area contributed by atoms with Crippen LogP contribution in [0.4, 0.5) is 0 Å². The van der Waals surface area contributed by atoms with Crippen LogP contribution in [-0.2, 0) is 10.9 Å². The van der Waals surface area contributed by atoms with Gasteiger partial charge in [-0.25, -0.2) is 0 Å².